The Labute approximate surface area is 123 Å². The maximum absolute atomic E-state index is 13.4. The van der Waals surface area contributed by atoms with Crippen LogP contribution in [0.4, 0.5) is 14.5 Å². The minimum absolute atomic E-state index is 0.0941. The first kappa shape index (κ1) is 14.5. The minimum atomic E-state index is -0.705. The third-order valence-electron chi connectivity index (χ3n) is 2.51. The third-order valence-corrected chi connectivity index (χ3v) is 3.00. The number of nitrogens with one attached hydrogen (secondary N) is 1. The molecule has 0 fully saturated rings. The third kappa shape index (κ3) is 3.54. The van der Waals surface area contributed by atoms with Crippen LogP contribution in [0.25, 0.3) is 0 Å². The zero-order valence-corrected chi connectivity index (χ0v) is 12.1. The lowest BCUT2D eigenvalue weighted by molar-refractivity contribution is 0.414. The summed E-state index contributed by atoms with van der Waals surface area (Å²) in [7, 11) is 1.55. The van der Waals surface area contributed by atoms with E-state index in [4.69, 9.17) is 4.74 Å². The van der Waals surface area contributed by atoms with Gasteiger partial charge in [-0.25, -0.2) is 8.78 Å². The standard InChI is InChI=1S/C14H11BrF2N2O/c1-20-14-5-2-10(15)6-9(14)8-18-19-13-4-3-11(16)7-12(13)17/h2-8,19H,1H3. The number of hydrazone groups is 1. The van der Waals surface area contributed by atoms with Crippen molar-refractivity contribution in [1.82, 2.24) is 0 Å². The van der Waals surface area contributed by atoms with Gasteiger partial charge < -0.3 is 4.74 Å². The second kappa shape index (κ2) is 6.47. The van der Waals surface area contributed by atoms with E-state index in [0.717, 1.165) is 22.2 Å². The highest BCUT2D eigenvalue weighted by Gasteiger charge is 2.03. The van der Waals surface area contributed by atoms with Gasteiger partial charge in [-0.15, -0.1) is 0 Å². The Morgan fingerprint density at radius 2 is 2.00 bits per heavy atom. The van der Waals surface area contributed by atoms with E-state index in [1.165, 1.54) is 12.3 Å². The van der Waals surface area contributed by atoms with Gasteiger partial charge in [0.05, 0.1) is 19.0 Å². The zero-order valence-electron chi connectivity index (χ0n) is 10.5. The van der Waals surface area contributed by atoms with Crippen LogP contribution in [0.15, 0.2) is 46.0 Å². The zero-order chi connectivity index (χ0) is 14.5. The van der Waals surface area contributed by atoms with Gasteiger partial charge in [-0.1, -0.05) is 15.9 Å². The minimum Gasteiger partial charge on any atom is -0.496 e. The topological polar surface area (TPSA) is 33.6 Å². The normalized spacial score (nSPS) is 10.8. The molecule has 0 saturated heterocycles. The Bertz CT molecular complexity index is 647. The lowest BCUT2D eigenvalue weighted by atomic mass is 10.2. The molecule has 3 nitrogen and oxygen atoms in total. The Morgan fingerprint density at radius 3 is 2.70 bits per heavy atom. The molecule has 0 radical (unpaired) electrons. The van der Waals surface area contributed by atoms with Gasteiger partial charge in [0.25, 0.3) is 0 Å². The number of methoxy groups -OCH3 is 1. The molecule has 0 aliphatic carbocycles. The number of ether oxygens (including phenoxy) is 1. The van der Waals surface area contributed by atoms with Crippen molar-refractivity contribution < 1.29 is 13.5 Å². The average molecular weight is 341 g/mol. The molecule has 0 heterocycles. The van der Waals surface area contributed by atoms with E-state index in [2.05, 4.69) is 26.5 Å². The molecule has 0 saturated carbocycles. The van der Waals surface area contributed by atoms with Gasteiger partial charge >= 0.3 is 0 Å². The summed E-state index contributed by atoms with van der Waals surface area (Å²) in [4.78, 5) is 0. The molecule has 0 amide bonds. The quantitative estimate of drug-likeness (QED) is 0.669. The molecule has 20 heavy (non-hydrogen) atoms. The van der Waals surface area contributed by atoms with Gasteiger partial charge in [0.2, 0.25) is 0 Å². The lowest BCUT2D eigenvalue weighted by Crippen LogP contribution is -1.96. The van der Waals surface area contributed by atoms with Gasteiger partial charge in [-0.3, -0.25) is 5.43 Å². The predicted octanol–water partition coefficient (Wildman–Crippen LogP) is 4.18. The summed E-state index contributed by atoms with van der Waals surface area (Å²) in [5, 5.41) is 3.91. The SMILES string of the molecule is COc1ccc(Br)cc1C=NNc1ccc(F)cc1F. The summed E-state index contributed by atoms with van der Waals surface area (Å²) in [6.45, 7) is 0. The van der Waals surface area contributed by atoms with Crippen LogP contribution in [0.5, 0.6) is 5.75 Å². The molecule has 0 unspecified atom stereocenters. The Hall–Kier alpha value is -1.95. The molecular weight excluding hydrogens is 330 g/mol. The van der Waals surface area contributed by atoms with Gasteiger partial charge in [0.15, 0.2) is 5.82 Å². The number of hydrogen-bond donors (Lipinski definition) is 1. The van der Waals surface area contributed by atoms with E-state index < -0.39 is 11.6 Å². The van der Waals surface area contributed by atoms with E-state index in [1.54, 1.807) is 13.2 Å². The van der Waals surface area contributed by atoms with Crippen LogP contribution >= 0.6 is 15.9 Å². The Kier molecular flexibility index (Phi) is 4.68. The van der Waals surface area contributed by atoms with Gasteiger partial charge in [-0.2, -0.15) is 5.10 Å². The molecular formula is C14H11BrF2N2O. The second-order valence-corrected chi connectivity index (χ2v) is 4.80. The number of rotatable bonds is 4. The summed E-state index contributed by atoms with van der Waals surface area (Å²) in [5.74, 6) is -0.702. The highest BCUT2D eigenvalue weighted by Crippen LogP contribution is 2.21. The van der Waals surface area contributed by atoms with E-state index in [-0.39, 0.29) is 5.69 Å². The van der Waals surface area contributed by atoms with Crippen molar-refractivity contribution in [1.29, 1.82) is 0 Å². The van der Waals surface area contributed by atoms with Crippen molar-refractivity contribution in [2.75, 3.05) is 12.5 Å². The van der Waals surface area contributed by atoms with E-state index in [0.29, 0.717) is 5.75 Å². The van der Waals surface area contributed by atoms with Crippen molar-refractivity contribution in [3.05, 3.63) is 58.1 Å². The molecule has 1 N–H and O–H groups in total. The van der Waals surface area contributed by atoms with Gasteiger partial charge in [0.1, 0.15) is 11.6 Å². The molecule has 0 atom stereocenters. The average Bonchev–Trinajstić information content (AvgIpc) is 2.41. The van der Waals surface area contributed by atoms with Crippen molar-refractivity contribution >= 4 is 27.8 Å². The van der Waals surface area contributed by atoms with E-state index in [9.17, 15) is 8.78 Å². The fraction of sp³-hybridized carbons (Fsp3) is 0.0714. The fourth-order valence-corrected chi connectivity index (χ4v) is 1.94. The smallest absolute Gasteiger partial charge is 0.151 e. The van der Waals surface area contributed by atoms with Crippen LogP contribution in [0.3, 0.4) is 0 Å². The first-order chi connectivity index (χ1) is 9.60. The maximum Gasteiger partial charge on any atom is 0.151 e. The summed E-state index contributed by atoms with van der Waals surface area (Å²) >= 11 is 3.34. The van der Waals surface area contributed by atoms with Crippen LogP contribution in [0.2, 0.25) is 0 Å². The summed E-state index contributed by atoms with van der Waals surface area (Å²) < 4.78 is 32.2. The number of nitrogens with zero attached hydrogens (tertiary/aromatic N) is 1. The van der Waals surface area contributed by atoms with Gasteiger partial charge in [0, 0.05) is 16.1 Å². The number of hydrogen-bond acceptors (Lipinski definition) is 3. The molecule has 0 bridgehead atoms. The monoisotopic (exact) mass is 340 g/mol. The van der Waals surface area contributed by atoms with Crippen LogP contribution < -0.4 is 10.2 Å². The van der Waals surface area contributed by atoms with Crippen LogP contribution in [0, 0.1) is 11.6 Å². The largest absolute Gasteiger partial charge is 0.496 e. The molecule has 6 heteroatoms. The Balaban J connectivity index is 2.16. The Morgan fingerprint density at radius 1 is 1.20 bits per heavy atom. The van der Waals surface area contributed by atoms with Crippen LogP contribution in [-0.4, -0.2) is 13.3 Å². The molecule has 2 rings (SSSR count). The molecule has 0 aliphatic heterocycles. The highest BCUT2D eigenvalue weighted by molar-refractivity contribution is 9.10. The fourth-order valence-electron chi connectivity index (χ4n) is 1.56. The molecule has 0 spiro atoms. The predicted molar refractivity (Wildman–Crippen MR) is 78.3 cm³/mol. The number of benzene rings is 2. The van der Waals surface area contributed by atoms with Crippen molar-refractivity contribution in [3.63, 3.8) is 0 Å². The van der Waals surface area contributed by atoms with Crippen LogP contribution in [0.1, 0.15) is 5.56 Å². The maximum atomic E-state index is 13.4. The number of anilines is 1. The van der Waals surface area contributed by atoms with Crippen molar-refractivity contribution in [3.8, 4) is 5.75 Å². The van der Waals surface area contributed by atoms with E-state index in [1.807, 2.05) is 12.1 Å². The van der Waals surface area contributed by atoms with Crippen molar-refractivity contribution in [2.24, 2.45) is 5.10 Å². The number of halogens is 3. The lowest BCUT2D eigenvalue weighted by Gasteiger charge is -2.05. The first-order valence-electron chi connectivity index (χ1n) is 5.68. The van der Waals surface area contributed by atoms with Crippen molar-refractivity contribution in [2.45, 2.75) is 0 Å². The van der Waals surface area contributed by atoms with Crippen LogP contribution in [-0.2, 0) is 0 Å². The summed E-state index contributed by atoms with van der Waals surface area (Å²) in [5.41, 5.74) is 3.33. The molecule has 2 aromatic rings. The molecule has 0 aliphatic rings. The molecule has 104 valence electrons. The van der Waals surface area contributed by atoms with E-state index >= 15 is 0 Å². The molecule has 2 aromatic carbocycles. The summed E-state index contributed by atoms with van der Waals surface area (Å²) in [6.07, 6.45) is 1.49. The second-order valence-electron chi connectivity index (χ2n) is 3.88. The highest BCUT2D eigenvalue weighted by atomic mass is 79.9. The van der Waals surface area contributed by atoms with Gasteiger partial charge in [-0.05, 0) is 30.3 Å². The first-order valence-corrected chi connectivity index (χ1v) is 6.47. The molecule has 0 aromatic heterocycles. The summed E-state index contributed by atoms with van der Waals surface area (Å²) in [6, 6.07) is 8.65.